The smallest absolute Gasteiger partial charge is 0.340 e. The van der Waals surface area contributed by atoms with Gasteiger partial charge in [-0.2, -0.15) is 18.2 Å². The molecule has 0 amide bonds. The van der Waals surface area contributed by atoms with Crippen LogP contribution in [0.1, 0.15) is 31.9 Å². The molecule has 0 fully saturated rings. The quantitative estimate of drug-likeness (QED) is 0.374. The fourth-order valence-corrected chi connectivity index (χ4v) is 2.96. The number of halogens is 4. The van der Waals surface area contributed by atoms with Crippen molar-refractivity contribution in [3.8, 4) is 0 Å². The van der Waals surface area contributed by atoms with E-state index in [0.717, 1.165) is 15.3 Å². The molecular weight excluding hydrogens is 492 g/mol. The van der Waals surface area contributed by atoms with E-state index in [1.165, 1.54) is 0 Å². The normalized spacial score (nSPS) is 12.0. The Kier molecular flexibility index (Phi) is 6.02. The lowest BCUT2D eigenvalue weighted by molar-refractivity contribution is -0.137. The second-order valence-electron chi connectivity index (χ2n) is 7.54. The van der Waals surface area contributed by atoms with Gasteiger partial charge in [-0.25, -0.2) is 4.98 Å². The molecule has 0 aliphatic rings. The van der Waals surface area contributed by atoms with Crippen LogP contribution in [0.15, 0.2) is 54.7 Å². The molecular formula is C21H20F3IN4. The van der Waals surface area contributed by atoms with Crippen LogP contribution in [-0.4, -0.2) is 9.97 Å². The summed E-state index contributed by atoms with van der Waals surface area (Å²) in [5.74, 6) is -0.225. The zero-order valence-electron chi connectivity index (χ0n) is 16.1. The van der Waals surface area contributed by atoms with Crippen LogP contribution in [0.2, 0.25) is 0 Å². The van der Waals surface area contributed by atoms with Crippen LogP contribution in [0.4, 0.5) is 36.3 Å². The van der Waals surface area contributed by atoms with Gasteiger partial charge in [0.15, 0.2) is 0 Å². The zero-order chi connectivity index (χ0) is 21.2. The number of aromatic nitrogens is 2. The molecule has 3 aromatic rings. The summed E-state index contributed by atoms with van der Waals surface area (Å²) in [4.78, 5) is 7.90. The van der Waals surface area contributed by atoms with Crippen LogP contribution < -0.4 is 10.6 Å². The Morgan fingerprint density at radius 3 is 1.93 bits per heavy atom. The molecule has 152 valence electrons. The van der Waals surface area contributed by atoms with E-state index in [9.17, 15) is 13.2 Å². The molecule has 8 heteroatoms. The SMILES string of the molecule is CC(C)(C)c1ccc(Nc2nc(Nc3ccc(I)cc3)ncc2C(F)(F)F)cc1. The minimum absolute atomic E-state index is 0.0465. The van der Waals surface area contributed by atoms with E-state index >= 15 is 0 Å². The summed E-state index contributed by atoms with van der Waals surface area (Å²) in [7, 11) is 0. The summed E-state index contributed by atoms with van der Waals surface area (Å²) in [6.07, 6.45) is -3.79. The lowest BCUT2D eigenvalue weighted by atomic mass is 9.87. The summed E-state index contributed by atoms with van der Waals surface area (Å²) in [5.41, 5.74) is 1.32. The third-order valence-electron chi connectivity index (χ3n) is 4.21. The topological polar surface area (TPSA) is 49.8 Å². The predicted octanol–water partition coefficient (Wildman–Crippen LogP) is 6.88. The molecule has 0 radical (unpaired) electrons. The Morgan fingerprint density at radius 2 is 1.38 bits per heavy atom. The average Bonchev–Trinajstić information content (AvgIpc) is 2.62. The van der Waals surface area contributed by atoms with Crippen molar-refractivity contribution in [1.82, 2.24) is 9.97 Å². The predicted molar refractivity (Wildman–Crippen MR) is 118 cm³/mol. The second kappa shape index (κ2) is 8.17. The fourth-order valence-electron chi connectivity index (χ4n) is 2.60. The van der Waals surface area contributed by atoms with E-state index < -0.39 is 11.7 Å². The number of hydrogen-bond donors (Lipinski definition) is 2. The van der Waals surface area contributed by atoms with Gasteiger partial charge in [0.25, 0.3) is 0 Å². The molecule has 1 aromatic heterocycles. The van der Waals surface area contributed by atoms with E-state index in [-0.39, 0.29) is 17.2 Å². The molecule has 0 saturated carbocycles. The molecule has 0 aliphatic heterocycles. The molecule has 0 aliphatic carbocycles. The number of nitrogens with zero attached hydrogens (tertiary/aromatic N) is 2. The summed E-state index contributed by atoms with van der Waals surface area (Å²) in [6, 6.07) is 14.6. The summed E-state index contributed by atoms with van der Waals surface area (Å²) in [5, 5.41) is 5.71. The van der Waals surface area contributed by atoms with Gasteiger partial charge in [0.05, 0.1) is 0 Å². The number of benzene rings is 2. The third kappa shape index (κ3) is 5.59. The highest BCUT2D eigenvalue weighted by Gasteiger charge is 2.35. The lowest BCUT2D eigenvalue weighted by Crippen LogP contribution is -2.13. The van der Waals surface area contributed by atoms with E-state index in [1.54, 1.807) is 24.3 Å². The van der Waals surface area contributed by atoms with Crippen LogP contribution in [0, 0.1) is 3.57 Å². The van der Waals surface area contributed by atoms with Crippen LogP contribution >= 0.6 is 22.6 Å². The molecule has 0 unspecified atom stereocenters. The van der Waals surface area contributed by atoms with Gasteiger partial charge < -0.3 is 10.6 Å². The molecule has 3 rings (SSSR count). The molecule has 0 atom stereocenters. The number of hydrogen-bond acceptors (Lipinski definition) is 4. The van der Waals surface area contributed by atoms with Crippen LogP contribution in [0.3, 0.4) is 0 Å². The Hall–Kier alpha value is -2.36. The van der Waals surface area contributed by atoms with Crippen molar-refractivity contribution in [3.63, 3.8) is 0 Å². The maximum absolute atomic E-state index is 13.4. The maximum Gasteiger partial charge on any atom is 0.421 e. The third-order valence-corrected chi connectivity index (χ3v) is 4.93. The fraction of sp³-hybridized carbons (Fsp3) is 0.238. The van der Waals surface area contributed by atoms with E-state index in [2.05, 4.69) is 64.0 Å². The van der Waals surface area contributed by atoms with E-state index in [1.807, 2.05) is 24.3 Å². The molecule has 0 spiro atoms. The molecule has 0 bridgehead atoms. The van der Waals surface area contributed by atoms with Crippen molar-refractivity contribution in [2.75, 3.05) is 10.6 Å². The van der Waals surface area contributed by atoms with Crippen LogP contribution in [0.25, 0.3) is 0 Å². The molecule has 2 aromatic carbocycles. The zero-order valence-corrected chi connectivity index (χ0v) is 18.3. The van der Waals surface area contributed by atoms with Crippen molar-refractivity contribution in [2.24, 2.45) is 0 Å². The van der Waals surface area contributed by atoms with Crippen molar-refractivity contribution in [3.05, 3.63) is 69.4 Å². The van der Waals surface area contributed by atoms with Gasteiger partial charge >= 0.3 is 6.18 Å². The largest absolute Gasteiger partial charge is 0.421 e. The lowest BCUT2D eigenvalue weighted by Gasteiger charge is -2.20. The van der Waals surface area contributed by atoms with Crippen molar-refractivity contribution in [2.45, 2.75) is 32.4 Å². The average molecular weight is 512 g/mol. The van der Waals surface area contributed by atoms with Gasteiger partial charge in [-0.3, -0.25) is 0 Å². The van der Waals surface area contributed by atoms with Crippen molar-refractivity contribution >= 4 is 45.7 Å². The highest BCUT2D eigenvalue weighted by molar-refractivity contribution is 14.1. The summed E-state index contributed by atoms with van der Waals surface area (Å²) < 4.78 is 41.3. The van der Waals surface area contributed by atoms with Gasteiger partial charge in [0.2, 0.25) is 5.95 Å². The monoisotopic (exact) mass is 512 g/mol. The van der Waals surface area contributed by atoms with Gasteiger partial charge in [-0.1, -0.05) is 32.9 Å². The molecule has 1 heterocycles. The molecule has 29 heavy (non-hydrogen) atoms. The molecule has 0 saturated heterocycles. The van der Waals surface area contributed by atoms with Gasteiger partial charge in [-0.05, 0) is 70.0 Å². The standard InChI is InChI=1S/C21H20F3IN4/c1-20(2,3)13-4-8-15(9-5-13)27-18-17(21(22,23)24)12-26-19(29-18)28-16-10-6-14(25)7-11-16/h4-12H,1-3H3,(H2,26,27,28,29). The van der Waals surface area contributed by atoms with Gasteiger partial charge in [-0.15, -0.1) is 0 Å². The van der Waals surface area contributed by atoms with Gasteiger partial charge in [0, 0.05) is 21.1 Å². The first-order chi connectivity index (χ1) is 13.5. The number of anilines is 4. The minimum Gasteiger partial charge on any atom is -0.340 e. The Bertz CT molecular complexity index is 979. The first-order valence-corrected chi connectivity index (χ1v) is 9.95. The number of nitrogens with one attached hydrogen (secondary N) is 2. The summed E-state index contributed by atoms with van der Waals surface area (Å²) >= 11 is 2.17. The minimum atomic E-state index is -4.57. The number of alkyl halides is 3. The Labute approximate surface area is 181 Å². The van der Waals surface area contributed by atoms with Crippen LogP contribution in [0.5, 0.6) is 0 Å². The number of rotatable bonds is 4. The van der Waals surface area contributed by atoms with Gasteiger partial charge in [0.1, 0.15) is 11.4 Å². The maximum atomic E-state index is 13.4. The Balaban J connectivity index is 1.91. The highest BCUT2D eigenvalue weighted by Crippen LogP contribution is 2.35. The highest BCUT2D eigenvalue weighted by atomic mass is 127. The molecule has 4 nitrogen and oxygen atoms in total. The molecule has 2 N–H and O–H groups in total. The van der Waals surface area contributed by atoms with Crippen molar-refractivity contribution in [1.29, 1.82) is 0 Å². The Morgan fingerprint density at radius 1 is 0.828 bits per heavy atom. The second-order valence-corrected chi connectivity index (χ2v) is 8.78. The summed E-state index contributed by atoms with van der Waals surface area (Å²) in [6.45, 7) is 6.22. The first kappa shape index (κ1) is 21.4. The van der Waals surface area contributed by atoms with E-state index in [0.29, 0.717) is 11.4 Å². The first-order valence-electron chi connectivity index (χ1n) is 8.87. The van der Waals surface area contributed by atoms with E-state index in [4.69, 9.17) is 0 Å². The van der Waals surface area contributed by atoms with Crippen molar-refractivity contribution < 1.29 is 13.2 Å². The van der Waals surface area contributed by atoms with Crippen LogP contribution in [-0.2, 0) is 11.6 Å².